The van der Waals surface area contributed by atoms with E-state index in [-0.39, 0.29) is 6.04 Å². The maximum atomic E-state index is 9.08. The molecule has 0 heterocycles. The molecule has 0 saturated heterocycles. The zero-order chi connectivity index (χ0) is 7.56. The lowest BCUT2D eigenvalue weighted by Gasteiger charge is -2.28. The van der Waals surface area contributed by atoms with E-state index in [1.807, 2.05) is 0 Å². The predicted octanol–water partition coefficient (Wildman–Crippen LogP) is -0.761. The molecule has 0 radical (unpaired) electrons. The lowest BCUT2D eigenvalue weighted by molar-refractivity contribution is -0.0357. The SMILES string of the molecule is ONC1CCC(O)C(O)C1. The van der Waals surface area contributed by atoms with Crippen LogP contribution in [0.2, 0.25) is 0 Å². The van der Waals surface area contributed by atoms with Crippen LogP contribution in [0, 0.1) is 0 Å². The summed E-state index contributed by atoms with van der Waals surface area (Å²) in [6.45, 7) is 0. The van der Waals surface area contributed by atoms with Crippen LogP contribution in [-0.2, 0) is 0 Å². The Morgan fingerprint density at radius 1 is 1.10 bits per heavy atom. The Labute approximate surface area is 59.4 Å². The number of nitrogens with one attached hydrogen (secondary N) is 1. The third-order valence-electron chi connectivity index (χ3n) is 1.96. The van der Waals surface area contributed by atoms with Gasteiger partial charge in [0, 0.05) is 6.04 Å². The second kappa shape index (κ2) is 3.30. The molecule has 0 aromatic rings. The highest BCUT2D eigenvalue weighted by molar-refractivity contribution is 4.81. The molecular formula is C6H13NO3. The Morgan fingerprint density at radius 2 is 1.80 bits per heavy atom. The summed E-state index contributed by atoms with van der Waals surface area (Å²) in [6.07, 6.45) is 0.411. The monoisotopic (exact) mass is 147 g/mol. The zero-order valence-electron chi connectivity index (χ0n) is 5.70. The van der Waals surface area contributed by atoms with Crippen molar-refractivity contribution in [1.82, 2.24) is 5.48 Å². The highest BCUT2D eigenvalue weighted by atomic mass is 16.5. The molecule has 0 aromatic carbocycles. The Morgan fingerprint density at radius 3 is 2.30 bits per heavy atom. The highest BCUT2D eigenvalue weighted by Crippen LogP contribution is 2.18. The number of aliphatic hydroxyl groups is 2. The van der Waals surface area contributed by atoms with E-state index in [4.69, 9.17) is 15.4 Å². The van der Waals surface area contributed by atoms with Gasteiger partial charge in [-0.15, -0.1) is 0 Å². The van der Waals surface area contributed by atoms with E-state index in [1.54, 1.807) is 0 Å². The third-order valence-corrected chi connectivity index (χ3v) is 1.96. The molecule has 1 aliphatic carbocycles. The lowest BCUT2D eigenvalue weighted by atomic mass is 9.91. The Balaban J connectivity index is 2.33. The van der Waals surface area contributed by atoms with Crippen LogP contribution in [0.1, 0.15) is 19.3 Å². The van der Waals surface area contributed by atoms with Gasteiger partial charge >= 0.3 is 0 Å². The molecule has 1 rings (SSSR count). The molecule has 1 saturated carbocycles. The fourth-order valence-corrected chi connectivity index (χ4v) is 1.25. The zero-order valence-corrected chi connectivity index (χ0v) is 5.70. The average molecular weight is 147 g/mol. The molecule has 4 N–H and O–H groups in total. The van der Waals surface area contributed by atoms with Crippen LogP contribution in [0.25, 0.3) is 0 Å². The molecule has 3 atom stereocenters. The molecule has 0 aromatic heterocycles. The minimum Gasteiger partial charge on any atom is -0.390 e. The van der Waals surface area contributed by atoms with Crippen molar-refractivity contribution in [3.8, 4) is 0 Å². The average Bonchev–Trinajstić information content (AvgIpc) is 1.95. The van der Waals surface area contributed by atoms with Crippen LogP contribution in [0.4, 0.5) is 0 Å². The Hall–Kier alpha value is -0.160. The fraction of sp³-hybridized carbons (Fsp3) is 1.00. The Bertz CT molecular complexity index is 109. The summed E-state index contributed by atoms with van der Waals surface area (Å²) in [5, 5.41) is 26.6. The quantitative estimate of drug-likeness (QED) is 0.368. The van der Waals surface area contributed by atoms with Gasteiger partial charge in [-0.2, -0.15) is 0 Å². The van der Waals surface area contributed by atoms with Gasteiger partial charge in [-0.05, 0) is 19.3 Å². The van der Waals surface area contributed by atoms with Crippen LogP contribution in [0.15, 0.2) is 0 Å². The van der Waals surface area contributed by atoms with E-state index >= 15 is 0 Å². The van der Waals surface area contributed by atoms with Crippen LogP contribution in [-0.4, -0.2) is 33.7 Å². The normalized spacial score (nSPS) is 41.7. The number of rotatable bonds is 1. The van der Waals surface area contributed by atoms with Crippen LogP contribution in [0.5, 0.6) is 0 Å². The van der Waals surface area contributed by atoms with Crippen molar-refractivity contribution >= 4 is 0 Å². The summed E-state index contributed by atoms with van der Waals surface area (Å²) < 4.78 is 0. The first kappa shape index (κ1) is 7.94. The predicted molar refractivity (Wildman–Crippen MR) is 34.6 cm³/mol. The molecule has 4 heteroatoms. The molecule has 0 spiro atoms. The van der Waals surface area contributed by atoms with Crippen molar-refractivity contribution in [2.75, 3.05) is 0 Å². The van der Waals surface area contributed by atoms with Gasteiger partial charge in [0.2, 0.25) is 0 Å². The number of hydrogen-bond acceptors (Lipinski definition) is 4. The fourth-order valence-electron chi connectivity index (χ4n) is 1.25. The van der Waals surface area contributed by atoms with Gasteiger partial charge in [0.05, 0.1) is 12.2 Å². The van der Waals surface area contributed by atoms with Crippen LogP contribution in [0.3, 0.4) is 0 Å². The van der Waals surface area contributed by atoms with Gasteiger partial charge in [0.25, 0.3) is 0 Å². The summed E-state index contributed by atoms with van der Waals surface area (Å²) in [6, 6.07) is -0.0570. The molecule has 3 unspecified atom stereocenters. The molecule has 0 bridgehead atoms. The van der Waals surface area contributed by atoms with E-state index in [0.29, 0.717) is 19.3 Å². The second-order valence-corrected chi connectivity index (χ2v) is 2.77. The maximum Gasteiger partial charge on any atom is 0.0814 e. The molecule has 1 fully saturated rings. The third kappa shape index (κ3) is 1.67. The lowest BCUT2D eigenvalue weighted by Crippen LogP contribution is -2.41. The molecule has 4 nitrogen and oxygen atoms in total. The molecular weight excluding hydrogens is 134 g/mol. The van der Waals surface area contributed by atoms with E-state index in [9.17, 15) is 0 Å². The van der Waals surface area contributed by atoms with Crippen molar-refractivity contribution in [3.05, 3.63) is 0 Å². The molecule has 0 aliphatic heterocycles. The first-order valence-corrected chi connectivity index (χ1v) is 3.50. The number of hydrogen-bond donors (Lipinski definition) is 4. The molecule has 10 heavy (non-hydrogen) atoms. The van der Waals surface area contributed by atoms with Gasteiger partial charge in [0.15, 0.2) is 0 Å². The van der Waals surface area contributed by atoms with Gasteiger partial charge in [-0.25, -0.2) is 5.48 Å². The summed E-state index contributed by atoms with van der Waals surface area (Å²) >= 11 is 0. The number of hydroxylamine groups is 1. The van der Waals surface area contributed by atoms with Gasteiger partial charge in [0.1, 0.15) is 0 Å². The Kier molecular flexibility index (Phi) is 2.62. The molecule has 0 amide bonds. The first-order valence-electron chi connectivity index (χ1n) is 3.50. The van der Waals surface area contributed by atoms with Crippen molar-refractivity contribution in [2.24, 2.45) is 0 Å². The highest BCUT2D eigenvalue weighted by Gasteiger charge is 2.26. The summed E-state index contributed by atoms with van der Waals surface area (Å²) in [4.78, 5) is 0. The van der Waals surface area contributed by atoms with Crippen LogP contribution < -0.4 is 5.48 Å². The van der Waals surface area contributed by atoms with Crippen LogP contribution >= 0.6 is 0 Å². The topological polar surface area (TPSA) is 72.7 Å². The van der Waals surface area contributed by atoms with E-state index in [2.05, 4.69) is 5.48 Å². The molecule has 1 aliphatic rings. The van der Waals surface area contributed by atoms with Crippen molar-refractivity contribution in [2.45, 2.75) is 37.5 Å². The minimum absolute atomic E-state index is 0.0570. The summed E-state index contributed by atoms with van der Waals surface area (Å²) in [5.74, 6) is 0. The van der Waals surface area contributed by atoms with Gasteiger partial charge in [-0.3, -0.25) is 0 Å². The number of aliphatic hydroxyl groups excluding tert-OH is 2. The van der Waals surface area contributed by atoms with Crippen molar-refractivity contribution in [1.29, 1.82) is 0 Å². The minimum atomic E-state index is -0.682. The van der Waals surface area contributed by atoms with Gasteiger partial charge < -0.3 is 15.4 Å². The van der Waals surface area contributed by atoms with E-state index in [0.717, 1.165) is 0 Å². The second-order valence-electron chi connectivity index (χ2n) is 2.77. The largest absolute Gasteiger partial charge is 0.390 e. The smallest absolute Gasteiger partial charge is 0.0814 e. The van der Waals surface area contributed by atoms with E-state index < -0.39 is 12.2 Å². The standard InChI is InChI=1S/C6H13NO3/c8-5-2-1-4(7-10)3-6(5)9/h4-10H,1-3H2. The van der Waals surface area contributed by atoms with Crippen molar-refractivity contribution < 1.29 is 15.4 Å². The van der Waals surface area contributed by atoms with Gasteiger partial charge in [-0.1, -0.05) is 0 Å². The van der Waals surface area contributed by atoms with Crippen molar-refractivity contribution in [3.63, 3.8) is 0 Å². The first-order chi connectivity index (χ1) is 4.74. The summed E-state index contributed by atoms with van der Waals surface area (Å²) in [7, 11) is 0. The molecule has 60 valence electrons. The van der Waals surface area contributed by atoms with E-state index in [1.165, 1.54) is 0 Å². The summed E-state index contributed by atoms with van der Waals surface area (Å²) in [5.41, 5.74) is 2.08. The maximum absolute atomic E-state index is 9.08.